The Balaban J connectivity index is 1.95. The van der Waals surface area contributed by atoms with Crippen LogP contribution in [0.25, 0.3) is 5.76 Å². The van der Waals surface area contributed by atoms with Crippen LogP contribution in [0.4, 0.5) is 5.69 Å². The first-order valence-corrected chi connectivity index (χ1v) is 11.4. The molecular weight excluding hydrogens is 468 g/mol. The van der Waals surface area contributed by atoms with Crippen LogP contribution in [0.1, 0.15) is 42.5 Å². The van der Waals surface area contributed by atoms with E-state index in [0.29, 0.717) is 17.2 Å². The van der Waals surface area contributed by atoms with Gasteiger partial charge in [-0.3, -0.25) is 19.5 Å². The zero-order valence-corrected chi connectivity index (χ0v) is 20.5. The number of amides is 1. The van der Waals surface area contributed by atoms with E-state index in [2.05, 4.69) is 18.8 Å². The van der Waals surface area contributed by atoms with Gasteiger partial charge >= 0.3 is 0 Å². The number of ketones is 1. The van der Waals surface area contributed by atoms with Gasteiger partial charge in [0.2, 0.25) is 0 Å². The molecule has 2 heterocycles. The van der Waals surface area contributed by atoms with Crippen LogP contribution in [0.5, 0.6) is 11.5 Å². The number of rotatable bonds is 6. The number of ether oxygens (including phenoxy) is 2. The maximum absolute atomic E-state index is 13.4. The molecule has 1 aliphatic heterocycles. The molecule has 1 unspecified atom stereocenters. The lowest BCUT2D eigenvalue weighted by Crippen LogP contribution is -2.29. The van der Waals surface area contributed by atoms with Crippen LogP contribution in [0, 0.1) is 0 Å². The SMILES string of the molecule is COc1cc(/C(O)=C2\C(=O)C(=O)N(c3ccc(C(C)C)cc3)C2c2ccncc2)c(OC)cc1Cl. The summed E-state index contributed by atoms with van der Waals surface area (Å²) in [5.41, 5.74) is 2.37. The molecule has 0 spiro atoms. The van der Waals surface area contributed by atoms with E-state index in [-0.39, 0.29) is 27.7 Å². The van der Waals surface area contributed by atoms with Crippen molar-refractivity contribution in [1.82, 2.24) is 4.98 Å². The molecule has 0 radical (unpaired) electrons. The van der Waals surface area contributed by atoms with E-state index in [1.165, 1.54) is 31.3 Å². The number of carbonyl (C=O) groups excluding carboxylic acids is 2. The number of hydrogen-bond acceptors (Lipinski definition) is 6. The minimum absolute atomic E-state index is 0.0724. The van der Waals surface area contributed by atoms with Crippen molar-refractivity contribution in [2.24, 2.45) is 0 Å². The third kappa shape index (κ3) is 4.35. The molecule has 3 aromatic rings. The van der Waals surface area contributed by atoms with Gasteiger partial charge in [0.15, 0.2) is 0 Å². The fraction of sp³-hybridized carbons (Fsp3) is 0.222. The fourth-order valence-corrected chi connectivity index (χ4v) is 4.40. The molecule has 0 saturated carbocycles. The number of nitrogens with zero attached hydrogens (tertiary/aromatic N) is 2. The Bertz CT molecular complexity index is 1300. The fourth-order valence-electron chi connectivity index (χ4n) is 4.17. The number of anilines is 1. The molecule has 0 aliphatic carbocycles. The highest BCUT2D eigenvalue weighted by atomic mass is 35.5. The van der Waals surface area contributed by atoms with Crippen molar-refractivity contribution < 1.29 is 24.2 Å². The second-order valence-corrected chi connectivity index (χ2v) is 8.79. The van der Waals surface area contributed by atoms with Crippen LogP contribution >= 0.6 is 11.6 Å². The monoisotopic (exact) mass is 492 g/mol. The zero-order chi connectivity index (χ0) is 25.3. The molecule has 1 N–H and O–H groups in total. The van der Waals surface area contributed by atoms with Crippen molar-refractivity contribution in [3.05, 3.63) is 88.2 Å². The van der Waals surface area contributed by atoms with Gasteiger partial charge in [-0.2, -0.15) is 0 Å². The van der Waals surface area contributed by atoms with Crippen molar-refractivity contribution in [3.63, 3.8) is 0 Å². The zero-order valence-electron chi connectivity index (χ0n) is 19.8. The molecule has 2 aromatic carbocycles. The lowest BCUT2D eigenvalue weighted by atomic mass is 9.95. The summed E-state index contributed by atoms with van der Waals surface area (Å²) in [7, 11) is 2.86. The average Bonchev–Trinajstić information content (AvgIpc) is 3.14. The number of aliphatic hydroxyl groups excluding tert-OH is 1. The summed E-state index contributed by atoms with van der Waals surface area (Å²) in [6, 6.07) is 13.0. The minimum atomic E-state index is -0.880. The van der Waals surface area contributed by atoms with Gasteiger partial charge in [0, 0.05) is 24.1 Å². The number of Topliss-reactive ketones (excluding diaryl/α,β-unsaturated/α-hetero) is 1. The number of benzene rings is 2. The summed E-state index contributed by atoms with van der Waals surface area (Å²) in [6.45, 7) is 4.15. The molecule has 1 aromatic heterocycles. The first-order chi connectivity index (χ1) is 16.8. The number of aromatic nitrogens is 1. The summed E-state index contributed by atoms with van der Waals surface area (Å²) in [5, 5.41) is 11.7. The molecular formula is C27H25ClN2O5. The summed E-state index contributed by atoms with van der Waals surface area (Å²) >= 11 is 6.22. The molecule has 8 heteroatoms. The van der Waals surface area contributed by atoms with E-state index < -0.39 is 23.5 Å². The van der Waals surface area contributed by atoms with Gasteiger partial charge in [0.05, 0.1) is 36.4 Å². The molecule has 1 fully saturated rings. The van der Waals surface area contributed by atoms with E-state index in [9.17, 15) is 14.7 Å². The van der Waals surface area contributed by atoms with Gasteiger partial charge in [-0.1, -0.05) is 37.6 Å². The third-order valence-electron chi connectivity index (χ3n) is 6.03. The quantitative estimate of drug-likeness (QED) is 0.277. The highest BCUT2D eigenvalue weighted by molar-refractivity contribution is 6.51. The third-order valence-corrected chi connectivity index (χ3v) is 6.33. The Morgan fingerprint density at radius 1 is 1.00 bits per heavy atom. The molecule has 1 saturated heterocycles. The van der Waals surface area contributed by atoms with Crippen LogP contribution in [-0.4, -0.2) is 36.0 Å². The van der Waals surface area contributed by atoms with Crippen LogP contribution in [-0.2, 0) is 9.59 Å². The van der Waals surface area contributed by atoms with Crippen molar-refractivity contribution in [3.8, 4) is 11.5 Å². The molecule has 1 amide bonds. The maximum Gasteiger partial charge on any atom is 0.300 e. The summed E-state index contributed by atoms with van der Waals surface area (Å²) in [6.07, 6.45) is 3.15. The van der Waals surface area contributed by atoms with E-state index in [0.717, 1.165) is 5.56 Å². The Labute approximate surface area is 208 Å². The number of methoxy groups -OCH3 is 2. The Hall–Kier alpha value is -3.84. The number of pyridine rings is 1. The Morgan fingerprint density at radius 3 is 2.20 bits per heavy atom. The first kappa shape index (κ1) is 24.3. The van der Waals surface area contributed by atoms with Gasteiger partial charge in [0.25, 0.3) is 11.7 Å². The number of carbonyl (C=O) groups is 2. The van der Waals surface area contributed by atoms with E-state index in [1.807, 2.05) is 12.1 Å². The maximum atomic E-state index is 13.4. The summed E-state index contributed by atoms with van der Waals surface area (Å²) in [4.78, 5) is 32.1. The largest absolute Gasteiger partial charge is 0.507 e. The van der Waals surface area contributed by atoms with Crippen LogP contribution in [0.15, 0.2) is 66.5 Å². The molecule has 1 aliphatic rings. The van der Waals surface area contributed by atoms with Crippen LogP contribution in [0.2, 0.25) is 5.02 Å². The molecule has 180 valence electrons. The average molecular weight is 493 g/mol. The van der Waals surface area contributed by atoms with Crippen molar-refractivity contribution >= 4 is 34.7 Å². The number of hydrogen-bond donors (Lipinski definition) is 1. The first-order valence-electron chi connectivity index (χ1n) is 11.0. The van der Waals surface area contributed by atoms with E-state index in [4.69, 9.17) is 21.1 Å². The Kier molecular flexibility index (Phi) is 6.80. The van der Waals surface area contributed by atoms with Crippen LogP contribution < -0.4 is 14.4 Å². The predicted molar refractivity (Wildman–Crippen MR) is 134 cm³/mol. The molecule has 4 rings (SSSR count). The highest BCUT2D eigenvalue weighted by Crippen LogP contribution is 2.44. The topological polar surface area (TPSA) is 89.0 Å². The minimum Gasteiger partial charge on any atom is -0.507 e. The lowest BCUT2D eigenvalue weighted by molar-refractivity contribution is -0.132. The van der Waals surface area contributed by atoms with Crippen molar-refractivity contribution in [2.75, 3.05) is 19.1 Å². The van der Waals surface area contributed by atoms with Crippen LogP contribution in [0.3, 0.4) is 0 Å². The number of aliphatic hydroxyl groups is 1. The summed E-state index contributed by atoms with van der Waals surface area (Å²) < 4.78 is 10.7. The number of halogens is 1. The van der Waals surface area contributed by atoms with Gasteiger partial charge in [0.1, 0.15) is 17.3 Å². The van der Waals surface area contributed by atoms with Crippen molar-refractivity contribution in [2.45, 2.75) is 25.8 Å². The molecule has 7 nitrogen and oxygen atoms in total. The smallest absolute Gasteiger partial charge is 0.300 e. The molecule has 1 atom stereocenters. The Morgan fingerprint density at radius 2 is 1.63 bits per heavy atom. The van der Waals surface area contributed by atoms with Gasteiger partial charge in [-0.05, 0) is 47.4 Å². The van der Waals surface area contributed by atoms with Crippen molar-refractivity contribution in [1.29, 1.82) is 0 Å². The van der Waals surface area contributed by atoms with E-state index >= 15 is 0 Å². The molecule has 0 bridgehead atoms. The van der Waals surface area contributed by atoms with Gasteiger partial charge < -0.3 is 14.6 Å². The standard InChI is InChI=1S/C27H25ClN2O5/c1-15(2)16-5-7-18(8-6-16)30-24(17-9-11-29-12-10-17)23(26(32)27(30)33)25(31)19-13-22(35-4)20(28)14-21(19)34-3/h5-15,24,31H,1-4H3/b25-23+. The predicted octanol–water partition coefficient (Wildman–Crippen LogP) is 5.50. The highest BCUT2D eigenvalue weighted by Gasteiger charge is 2.47. The molecule has 35 heavy (non-hydrogen) atoms. The second kappa shape index (κ2) is 9.80. The second-order valence-electron chi connectivity index (χ2n) is 8.38. The normalized spacial score (nSPS) is 17.2. The lowest BCUT2D eigenvalue weighted by Gasteiger charge is -2.26. The van der Waals surface area contributed by atoms with E-state index in [1.54, 1.807) is 36.7 Å². The van der Waals surface area contributed by atoms with Gasteiger partial charge in [-0.25, -0.2) is 0 Å². The summed E-state index contributed by atoms with van der Waals surface area (Å²) in [5.74, 6) is -1.12. The van der Waals surface area contributed by atoms with Gasteiger partial charge in [-0.15, -0.1) is 0 Å².